The zero-order chi connectivity index (χ0) is 62.3. The van der Waals surface area contributed by atoms with Gasteiger partial charge in [-0.25, -0.2) is 13.2 Å². The summed E-state index contributed by atoms with van der Waals surface area (Å²) in [5.41, 5.74) is 5.14. The van der Waals surface area contributed by atoms with Gasteiger partial charge in [-0.2, -0.15) is 54.8 Å². The number of aromatic nitrogens is 7. The number of Topliss-reactive ketones (excluding diaryl/α,β-unsaturated/α-hetero) is 1. The summed E-state index contributed by atoms with van der Waals surface area (Å²) in [4.78, 5) is 53.0. The van der Waals surface area contributed by atoms with Crippen LogP contribution < -0.4 is 5.73 Å². The van der Waals surface area contributed by atoms with E-state index in [9.17, 15) is 71.9 Å². The standard InChI is InChI=1S/C33H28F6N4O2.C14H17F3N2O2.C13H15F3N2O2/c34-21-12-18(13-22(35)16-21)11-20(29-24(3-2-10-41-29)19-5-6-26(36)25(15-19)31(40)45)14-23(44)17-43-27-4-1-7-32(8-9-32)28(27)30(42-43)33(37,38)39;1-2-21-10(20)8-19-9-4-3-5-13(6-7-13)11(9)12(18-19)14(15,16)17;1-3-20-10(19)7-18-9-6-4-5-8(2)11(9)12(17-18)13(14,15)16/h2-3,5-6,10,12-13,15-16,20H,1,4,7-9,11,14,17H2,(H2,40,45);2-8H2,1H3;2-7H2,1H3/t20-;;/m1../s1. The van der Waals surface area contributed by atoms with E-state index >= 15 is 0 Å². The summed E-state index contributed by atoms with van der Waals surface area (Å²) < 4.78 is 177. The maximum atomic E-state index is 14.3. The first kappa shape index (κ1) is 62.7. The van der Waals surface area contributed by atoms with Crippen molar-refractivity contribution in [3.63, 3.8) is 0 Å². The maximum Gasteiger partial charge on any atom is 0.435 e. The van der Waals surface area contributed by atoms with Crippen LogP contribution in [0.4, 0.5) is 52.7 Å². The number of allylic oxidation sites excluding steroid dienone is 1. The van der Waals surface area contributed by atoms with Gasteiger partial charge in [0.2, 0.25) is 0 Å². The summed E-state index contributed by atoms with van der Waals surface area (Å²) in [6, 6.07) is 9.92. The molecule has 2 spiro atoms. The molecule has 4 heterocycles. The first-order valence-corrected chi connectivity index (χ1v) is 28.1. The number of nitrogens with two attached hydrogens (primary N) is 1. The second kappa shape index (κ2) is 24.5. The zero-order valence-electron chi connectivity index (χ0n) is 46.8. The SMILES string of the molecule is C=C1CCCc2c1c(C(F)(F)F)nn2CC(=O)OCC.CCOC(=O)Cn1nc(C(F)(F)F)c2c1CCCC21CC1.NC(=O)c1cc(-c2cccnc2[C@@H](CC(=O)Cn2nc(C(F)(F)F)c3c2CCCC32CC2)Cc2cc(F)cc(F)c2)ccc1F. The van der Waals surface area contributed by atoms with E-state index < -0.39 is 94.6 Å². The van der Waals surface area contributed by atoms with Crippen LogP contribution in [-0.2, 0) is 98.5 Å². The number of pyridine rings is 1. The van der Waals surface area contributed by atoms with Gasteiger partial charge in [-0.05, 0) is 162 Å². The van der Waals surface area contributed by atoms with Crippen molar-refractivity contribution >= 4 is 29.2 Å². The molecule has 0 bridgehead atoms. The Kier molecular flexibility index (Phi) is 17.9. The highest BCUT2D eigenvalue weighted by molar-refractivity contribution is 5.94. The predicted molar refractivity (Wildman–Crippen MR) is 285 cm³/mol. The van der Waals surface area contributed by atoms with Gasteiger partial charge in [-0.15, -0.1) is 0 Å². The van der Waals surface area contributed by atoms with E-state index in [0.717, 1.165) is 53.2 Å². The minimum Gasteiger partial charge on any atom is -0.465 e. The van der Waals surface area contributed by atoms with Crippen molar-refractivity contribution in [2.75, 3.05) is 13.2 Å². The Labute approximate surface area is 485 Å². The van der Waals surface area contributed by atoms with Crippen LogP contribution in [0.2, 0.25) is 0 Å². The highest BCUT2D eigenvalue weighted by Crippen LogP contribution is 2.59. The number of ether oxygens (including phenoxy) is 2. The van der Waals surface area contributed by atoms with Gasteiger partial charge in [0.05, 0.1) is 31.0 Å². The molecule has 460 valence electrons. The highest BCUT2D eigenvalue weighted by Gasteiger charge is 2.56. The van der Waals surface area contributed by atoms with Crippen molar-refractivity contribution in [2.24, 2.45) is 5.73 Å². The molecular weight excluding hydrogens is 1160 g/mol. The van der Waals surface area contributed by atoms with Crippen molar-refractivity contribution in [1.82, 2.24) is 34.3 Å². The molecule has 5 aliphatic carbocycles. The molecule has 14 nitrogen and oxygen atoms in total. The number of ketones is 1. The Morgan fingerprint density at radius 2 is 1.14 bits per heavy atom. The average Bonchev–Trinajstić information content (AvgIpc) is 1.58. The van der Waals surface area contributed by atoms with Gasteiger partial charge in [0.15, 0.2) is 22.9 Å². The molecule has 6 aromatic rings. The molecule has 2 aromatic carbocycles. The Hall–Kier alpha value is -7.80. The topological polar surface area (TPSA) is 179 Å². The minimum atomic E-state index is -4.67. The zero-order valence-corrected chi connectivity index (χ0v) is 46.8. The van der Waals surface area contributed by atoms with Crippen molar-refractivity contribution in [1.29, 1.82) is 0 Å². The van der Waals surface area contributed by atoms with Crippen molar-refractivity contribution in [3.05, 3.63) is 146 Å². The van der Waals surface area contributed by atoms with Gasteiger partial charge in [-0.1, -0.05) is 18.7 Å². The number of alkyl halides is 9. The van der Waals surface area contributed by atoms with E-state index in [1.807, 2.05) is 0 Å². The highest BCUT2D eigenvalue weighted by atomic mass is 19.4. The molecule has 2 fully saturated rings. The lowest BCUT2D eigenvalue weighted by Gasteiger charge is -2.24. The molecule has 5 aliphatic rings. The van der Waals surface area contributed by atoms with Gasteiger partial charge in [0.1, 0.15) is 30.5 Å². The maximum absolute atomic E-state index is 14.3. The fraction of sp³-hybridized carbons (Fsp3) is 0.467. The van der Waals surface area contributed by atoms with Crippen LogP contribution in [0.3, 0.4) is 0 Å². The number of nitrogens with zero attached hydrogens (tertiary/aromatic N) is 7. The van der Waals surface area contributed by atoms with Crippen molar-refractivity contribution < 1.29 is 81.3 Å². The number of hydrogen-bond acceptors (Lipinski definition) is 10. The van der Waals surface area contributed by atoms with Crippen LogP contribution in [0.25, 0.3) is 16.7 Å². The van der Waals surface area contributed by atoms with Crippen LogP contribution in [0.5, 0.6) is 0 Å². The lowest BCUT2D eigenvalue weighted by atomic mass is 9.82. The number of benzene rings is 2. The number of hydrogen-bond donors (Lipinski definition) is 1. The molecule has 0 radical (unpaired) electrons. The van der Waals surface area contributed by atoms with Gasteiger partial charge in [-0.3, -0.25) is 38.2 Å². The predicted octanol–water partition coefficient (Wildman–Crippen LogP) is 12.5. The van der Waals surface area contributed by atoms with Gasteiger partial charge in [0.25, 0.3) is 5.91 Å². The van der Waals surface area contributed by atoms with Crippen LogP contribution in [0.1, 0.15) is 163 Å². The molecule has 4 aromatic heterocycles. The fourth-order valence-electron chi connectivity index (χ4n) is 12.4. The Morgan fingerprint density at radius 1 is 0.640 bits per heavy atom. The molecule has 2 saturated carbocycles. The number of fused-ring (bicyclic) bond motifs is 5. The lowest BCUT2D eigenvalue weighted by Crippen LogP contribution is -2.22. The number of carbonyl (C=O) groups is 4. The Morgan fingerprint density at radius 3 is 1.64 bits per heavy atom. The number of esters is 2. The van der Waals surface area contributed by atoms with Crippen LogP contribution in [0.15, 0.2) is 61.3 Å². The summed E-state index contributed by atoms with van der Waals surface area (Å²) in [6.07, 6.45) is -4.11. The molecule has 26 heteroatoms. The second-order valence-corrected chi connectivity index (χ2v) is 22.2. The summed E-state index contributed by atoms with van der Waals surface area (Å²) >= 11 is 0. The molecule has 0 unspecified atom stereocenters. The normalized spacial score (nSPS) is 16.6. The van der Waals surface area contributed by atoms with Gasteiger partial charge < -0.3 is 15.2 Å². The van der Waals surface area contributed by atoms with Crippen molar-refractivity contribution in [2.45, 2.75) is 165 Å². The lowest BCUT2D eigenvalue weighted by molar-refractivity contribution is -0.146. The molecule has 11 rings (SSSR count). The van der Waals surface area contributed by atoms with Gasteiger partial charge >= 0.3 is 30.5 Å². The van der Waals surface area contributed by atoms with E-state index in [-0.39, 0.29) is 66.8 Å². The third-order valence-corrected chi connectivity index (χ3v) is 16.3. The van der Waals surface area contributed by atoms with E-state index in [0.29, 0.717) is 109 Å². The molecular formula is C60H60F12N8O6. The largest absolute Gasteiger partial charge is 0.465 e. The summed E-state index contributed by atoms with van der Waals surface area (Å²) in [5, 5.41) is 11.2. The summed E-state index contributed by atoms with van der Waals surface area (Å²) in [6.45, 7) is 6.40. The van der Waals surface area contributed by atoms with Crippen LogP contribution >= 0.6 is 0 Å². The van der Waals surface area contributed by atoms with E-state index in [1.54, 1.807) is 26.0 Å². The molecule has 2 N–H and O–H groups in total. The third-order valence-electron chi connectivity index (χ3n) is 16.3. The first-order chi connectivity index (χ1) is 40.6. The number of primary amides is 1. The number of halogens is 12. The van der Waals surface area contributed by atoms with E-state index in [1.165, 1.54) is 23.0 Å². The smallest absolute Gasteiger partial charge is 0.435 e. The minimum absolute atomic E-state index is 0.0491. The number of rotatable bonds is 15. The monoisotopic (exact) mass is 1220 g/mol. The van der Waals surface area contributed by atoms with Crippen molar-refractivity contribution in [3.8, 4) is 11.1 Å². The summed E-state index contributed by atoms with van der Waals surface area (Å²) in [5.74, 6) is -5.87. The third kappa shape index (κ3) is 13.6. The fourth-order valence-corrected chi connectivity index (χ4v) is 12.4. The molecule has 1 amide bonds. The van der Waals surface area contributed by atoms with E-state index in [4.69, 9.17) is 15.2 Å². The van der Waals surface area contributed by atoms with Crippen LogP contribution in [-0.4, -0.2) is 71.2 Å². The second-order valence-electron chi connectivity index (χ2n) is 22.2. The molecule has 1 atom stereocenters. The van der Waals surface area contributed by atoms with Gasteiger partial charge in [0, 0.05) is 63.9 Å². The molecule has 0 saturated heterocycles. The average molecular weight is 1220 g/mol. The Balaban J connectivity index is 0.000000178. The Bertz CT molecular complexity index is 3570. The quantitative estimate of drug-likeness (QED) is 0.0768. The summed E-state index contributed by atoms with van der Waals surface area (Å²) in [7, 11) is 0. The molecule has 86 heavy (non-hydrogen) atoms. The number of carbonyl (C=O) groups excluding carboxylic acids is 4. The van der Waals surface area contributed by atoms with E-state index in [2.05, 4.69) is 26.9 Å². The molecule has 0 aliphatic heterocycles. The first-order valence-electron chi connectivity index (χ1n) is 28.1. The van der Waals surface area contributed by atoms with Crippen LogP contribution in [0, 0.1) is 17.5 Å². The number of amides is 1.